The average Bonchev–Trinajstić information content (AvgIpc) is 3.25. The summed E-state index contributed by atoms with van der Waals surface area (Å²) in [7, 11) is 0. The van der Waals surface area contributed by atoms with Crippen molar-refractivity contribution in [2.75, 3.05) is 0 Å². The summed E-state index contributed by atoms with van der Waals surface area (Å²) >= 11 is 5.86. The van der Waals surface area contributed by atoms with E-state index in [1.165, 1.54) is 0 Å². The summed E-state index contributed by atoms with van der Waals surface area (Å²) in [5, 5.41) is 0.599. The number of urea groups is 1. The van der Waals surface area contributed by atoms with Crippen LogP contribution in [0.5, 0.6) is 0 Å². The summed E-state index contributed by atoms with van der Waals surface area (Å²) in [5.41, 5.74) is 1.94. The number of imide groups is 1. The molecule has 134 valence electrons. The molecule has 5 nitrogen and oxygen atoms in total. The molecule has 0 unspecified atom stereocenters. The zero-order chi connectivity index (χ0) is 18.8. The van der Waals surface area contributed by atoms with E-state index in [1.54, 1.807) is 30.3 Å². The summed E-state index contributed by atoms with van der Waals surface area (Å²) in [5.74, 6) is 0.899. The minimum atomic E-state index is -0.556. The van der Waals surface area contributed by atoms with Crippen LogP contribution in [0.2, 0.25) is 5.02 Å². The number of amides is 3. The number of nitrogens with zero attached hydrogens (tertiary/aromatic N) is 2. The highest BCUT2D eigenvalue weighted by Crippen LogP contribution is 2.23. The Hall–Kier alpha value is -3.18. The summed E-state index contributed by atoms with van der Waals surface area (Å²) in [6.07, 6.45) is 0.175. The van der Waals surface area contributed by atoms with Gasteiger partial charge in [-0.3, -0.25) is 9.69 Å². The van der Waals surface area contributed by atoms with Gasteiger partial charge in [-0.2, -0.15) is 4.99 Å². The molecule has 27 heavy (non-hydrogen) atoms. The lowest BCUT2D eigenvalue weighted by atomic mass is 10.2. The molecule has 1 aliphatic heterocycles. The van der Waals surface area contributed by atoms with Crippen LogP contribution < -0.4 is 0 Å². The Labute approximate surface area is 160 Å². The molecule has 0 bridgehead atoms. The van der Waals surface area contributed by atoms with Crippen LogP contribution in [0, 0.1) is 0 Å². The Bertz CT molecular complexity index is 1020. The first-order chi connectivity index (χ1) is 13.1. The van der Waals surface area contributed by atoms with Crippen molar-refractivity contribution < 1.29 is 14.0 Å². The average molecular weight is 379 g/mol. The van der Waals surface area contributed by atoms with Crippen LogP contribution in [-0.2, 0) is 17.8 Å². The van der Waals surface area contributed by atoms with Crippen LogP contribution in [-0.4, -0.2) is 22.5 Å². The molecule has 0 saturated carbocycles. The Morgan fingerprint density at radius 2 is 1.67 bits per heavy atom. The molecular weight excluding hydrogens is 364 g/mol. The first kappa shape index (κ1) is 17.2. The van der Waals surface area contributed by atoms with Crippen LogP contribution in [0.25, 0.3) is 11.3 Å². The van der Waals surface area contributed by atoms with Gasteiger partial charge in [0.1, 0.15) is 17.2 Å². The summed E-state index contributed by atoms with van der Waals surface area (Å²) in [6.45, 7) is 0.162. The number of furan rings is 1. The predicted molar refractivity (Wildman–Crippen MR) is 103 cm³/mol. The molecule has 0 saturated heterocycles. The van der Waals surface area contributed by atoms with Gasteiger partial charge in [-0.1, -0.05) is 54.1 Å². The molecule has 1 aliphatic rings. The van der Waals surface area contributed by atoms with Gasteiger partial charge in [-0.25, -0.2) is 4.79 Å². The van der Waals surface area contributed by atoms with E-state index < -0.39 is 11.9 Å². The van der Waals surface area contributed by atoms with Crippen molar-refractivity contribution in [1.29, 1.82) is 0 Å². The summed E-state index contributed by atoms with van der Waals surface area (Å²) < 4.78 is 5.80. The lowest BCUT2D eigenvalue weighted by Crippen LogP contribution is -2.32. The zero-order valence-electron chi connectivity index (χ0n) is 14.3. The van der Waals surface area contributed by atoms with E-state index >= 15 is 0 Å². The van der Waals surface area contributed by atoms with Crippen LogP contribution in [0.4, 0.5) is 4.79 Å². The Morgan fingerprint density at radius 3 is 2.41 bits per heavy atom. The Kier molecular flexibility index (Phi) is 4.60. The number of carbonyl (C=O) groups excluding carboxylic acids is 2. The van der Waals surface area contributed by atoms with Crippen molar-refractivity contribution in [3.05, 3.63) is 83.1 Å². The van der Waals surface area contributed by atoms with Crippen molar-refractivity contribution in [3.8, 4) is 11.3 Å². The fraction of sp³-hybridized carbons (Fsp3) is 0.0952. The van der Waals surface area contributed by atoms with Gasteiger partial charge in [0.05, 0.1) is 13.0 Å². The van der Waals surface area contributed by atoms with Gasteiger partial charge in [0.15, 0.2) is 0 Å². The lowest BCUT2D eigenvalue weighted by molar-refractivity contribution is -0.121. The van der Waals surface area contributed by atoms with Crippen molar-refractivity contribution in [2.45, 2.75) is 13.0 Å². The maximum atomic E-state index is 12.6. The maximum Gasteiger partial charge on any atom is 0.351 e. The van der Waals surface area contributed by atoms with E-state index in [1.807, 2.05) is 36.4 Å². The summed E-state index contributed by atoms with van der Waals surface area (Å²) in [6, 6.07) is 19.7. The highest BCUT2D eigenvalue weighted by molar-refractivity contribution is 6.46. The quantitative estimate of drug-likeness (QED) is 0.643. The Morgan fingerprint density at radius 1 is 0.926 bits per heavy atom. The monoisotopic (exact) mass is 378 g/mol. The van der Waals surface area contributed by atoms with Gasteiger partial charge in [0, 0.05) is 10.6 Å². The van der Waals surface area contributed by atoms with E-state index in [2.05, 4.69) is 4.99 Å². The van der Waals surface area contributed by atoms with Crippen LogP contribution in [0.15, 0.2) is 76.1 Å². The molecule has 6 heteroatoms. The van der Waals surface area contributed by atoms with Gasteiger partial charge in [-0.05, 0) is 29.8 Å². The molecule has 0 fully saturated rings. The largest absolute Gasteiger partial charge is 0.461 e. The predicted octanol–water partition coefficient (Wildman–Crippen LogP) is 4.75. The first-order valence-electron chi connectivity index (χ1n) is 8.42. The fourth-order valence-electron chi connectivity index (χ4n) is 2.89. The minimum Gasteiger partial charge on any atom is -0.461 e. The van der Waals surface area contributed by atoms with E-state index in [9.17, 15) is 9.59 Å². The number of halogens is 1. The number of rotatable bonds is 5. The zero-order valence-corrected chi connectivity index (χ0v) is 15.0. The first-order valence-corrected chi connectivity index (χ1v) is 8.80. The SMILES string of the molecule is O=C1N=C(Cc2ccc(-c3ccccc3)o2)C(=O)N1Cc1ccc(Cl)cc1. The van der Waals surface area contributed by atoms with Crippen LogP contribution in [0.1, 0.15) is 11.3 Å². The van der Waals surface area contributed by atoms with E-state index in [-0.39, 0.29) is 18.7 Å². The fourth-order valence-corrected chi connectivity index (χ4v) is 3.01. The third-order valence-electron chi connectivity index (χ3n) is 4.27. The lowest BCUT2D eigenvalue weighted by Gasteiger charge is -2.12. The number of benzene rings is 2. The van der Waals surface area contributed by atoms with Gasteiger partial charge in [0.2, 0.25) is 0 Å². The molecule has 0 N–H and O–H groups in total. The van der Waals surface area contributed by atoms with Gasteiger partial charge < -0.3 is 4.42 Å². The van der Waals surface area contributed by atoms with E-state index in [0.717, 1.165) is 16.0 Å². The normalized spacial score (nSPS) is 14.0. The summed E-state index contributed by atoms with van der Waals surface area (Å²) in [4.78, 5) is 29.8. The second-order valence-corrected chi connectivity index (χ2v) is 6.60. The van der Waals surface area contributed by atoms with Gasteiger partial charge >= 0.3 is 6.03 Å². The van der Waals surface area contributed by atoms with E-state index in [0.29, 0.717) is 16.5 Å². The number of carbonyl (C=O) groups is 2. The number of hydrogen-bond acceptors (Lipinski definition) is 3. The standard InChI is InChI=1S/C21H15ClN2O3/c22-16-8-6-14(7-9-16)13-24-20(25)18(23-21(24)26)12-17-10-11-19(27-17)15-4-2-1-3-5-15/h1-11H,12-13H2. The highest BCUT2D eigenvalue weighted by atomic mass is 35.5. The molecule has 2 aromatic carbocycles. The van der Waals surface area contributed by atoms with Crippen LogP contribution >= 0.6 is 11.6 Å². The van der Waals surface area contributed by atoms with Crippen molar-refractivity contribution in [3.63, 3.8) is 0 Å². The topological polar surface area (TPSA) is 62.9 Å². The molecule has 4 rings (SSSR count). The highest BCUT2D eigenvalue weighted by Gasteiger charge is 2.33. The molecule has 3 aromatic rings. The molecule has 3 amide bonds. The third-order valence-corrected chi connectivity index (χ3v) is 4.52. The van der Waals surface area contributed by atoms with Crippen molar-refractivity contribution >= 4 is 29.3 Å². The molecule has 0 spiro atoms. The van der Waals surface area contributed by atoms with Gasteiger partial charge in [-0.15, -0.1) is 0 Å². The molecule has 0 atom stereocenters. The second-order valence-electron chi connectivity index (χ2n) is 6.17. The van der Waals surface area contributed by atoms with E-state index in [4.69, 9.17) is 16.0 Å². The molecule has 0 aliphatic carbocycles. The number of aliphatic imine (C=N–C) groups is 1. The van der Waals surface area contributed by atoms with Gasteiger partial charge in [0.25, 0.3) is 5.91 Å². The molecule has 2 heterocycles. The van der Waals surface area contributed by atoms with Crippen LogP contribution in [0.3, 0.4) is 0 Å². The smallest absolute Gasteiger partial charge is 0.351 e. The number of hydrogen-bond donors (Lipinski definition) is 0. The third kappa shape index (κ3) is 3.68. The van der Waals surface area contributed by atoms with Crippen molar-refractivity contribution in [1.82, 2.24) is 4.90 Å². The second kappa shape index (κ2) is 7.21. The molecule has 0 radical (unpaired) electrons. The maximum absolute atomic E-state index is 12.6. The molecule has 1 aromatic heterocycles. The Balaban J connectivity index is 1.46. The molecular formula is C21H15ClN2O3. The minimum absolute atomic E-state index is 0.162. The van der Waals surface area contributed by atoms with Crippen molar-refractivity contribution in [2.24, 2.45) is 4.99 Å².